The lowest BCUT2D eigenvalue weighted by molar-refractivity contribution is 0.353. The normalized spacial score (nSPS) is 13.0. The van der Waals surface area contributed by atoms with Gasteiger partial charge in [-0.3, -0.25) is 0 Å². The molecule has 1 aromatic rings. The van der Waals surface area contributed by atoms with Crippen molar-refractivity contribution >= 4 is 20.4 Å². The Kier molecular flexibility index (Phi) is 11.8. The zero-order chi connectivity index (χ0) is 23.7. The zero-order valence-corrected chi connectivity index (χ0v) is 20.0. The van der Waals surface area contributed by atoms with Gasteiger partial charge in [0.15, 0.2) is 28.2 Å². The minimum absolute atomic E-state index is 0.406. The van der Waals surface area contributed by atoms with Crippen LogP contribution < -0.4 is 0 Å². The summed E-state index contributed by atoms with van der Waals surface area (Å²) in [5.74, 6) is -10.6. The average Bonchev–Trinajstić information content (AvgIpc) is 2.71. The molecular weight excluding hydrogens is 459 g/mol. The molecule has 0 radical (unpaired) electrons. The van der Waals surface area contributed by atoms with Crippen LogP contribution in [0.4, 0.5) is 22.0 Å². The van der Waals surface area contributed by atoms with Crippen LogP contribution in [0.1, 0.15) is 78.6 Å². The summed E-state index contributed by atoms with van der Waals surface area (Å²) in [6.07, 6.45) is 7.09. The van der Waals surface area contributed by atoms with Crippen molar-refractivity contribution in [1.29, 1.82) is 0 Å². The number of benzene rings is 1. The van der Waals surface area contributed by atoms with Crippen LogP contribution in [0.25, 0.3) is 0 Å². The summed E-state index contributed by atoms with van der Waals surface area (Å²) in [6.45, 7) is 5.95. The summed E-state index contributed by atoms with van der Waals surface area (Å²) < 4.78 is 100. The summed E-state index contributed by atoms with van der Waals surface area (Å²) in [7, 11) is -7.56. The molecule has 1 aromatic carbocycles. The maximum absolute atomic E-state index is 14.2. The molecule has 1 rings (SSSR count). The summed E-state index contributed by atoms with van der Waals surface area (Å²) >= 11 is 0. The second kappa shape index (κ2) is 13.0. The van der Waals surface area contributed by atoms with Crippen molar-refractivity contribution in [2.75, 3.05) is 17.3 Å². The van der Waals surface area contributed by atoms with Gasteiger partial charge in [-0.2, -0.15) is 8.42 Å². The van der Waals surface area contributed by atoms with E-state index in [4.69, 9.17) is 3.63 Å². The Hall–Kier alpha value is -0.870. The zero-order valence-electron chi connectivity index (χ0n) is 18.4. The fraction of sp³-hybridized carbons (Fsp3) is 0.714. The molecule has 3 nitrogen and oxygen atoms in total. The Balaban J connectivity index is 3.43. The molecule has 10 heteroatoms. The van der Waals surface area contributed by atoms with E-state index in [1.165, 1.54) is 0 Å². The monoisotopic (exact) mass is 492 g/mol. The van der Waals surface area contributed by atoms with Gasteiger partial charge < -0.3 is 0 Å². The number of hydrogen-bond donors (Lipinski definition) is 0. The third-order valence-electron chi connectivity index (χ3n) is 5.01. The molecule has 0 aliphatic heterocycles. The van der Waals surface area contributed by atoms with Crippen LogP contribution >= 0.6 is 10.3 Å². The van der Waals surface area contributed by atoms with Crippen molar-refractivity contribution in [1.82, 2.24) is 0 Å². The van der Waals surface area contributed by atoms with Gasteiger partial charge >= 0.3 is 10.1 Å². The predicted molar refractivity (Wildman–Crippen MR) is 115 cm³/mol. The van der Waals surface area contributed by atoms with Crippen molar-refractivity contribution in [3.05, 3.63) is 29.1 Å². The molecule has 0 amide bonds. The fourth-order valence-corrected chi connectivity index (χ4v) is 9.31. The number of hydrogen-bond acceptors (Lipinski definition) is 3. The molecule has 31 heavy (non-hydrogen) atoms. The largest absolute Gasteiger partial charge is 0.312 e. The van der Waals surface area contributed by atoms with Crippen LogP contribution in [-0.2, 0) is 13.7 Å². The Morgan fingerprint density at radius 2 is 0.903 bits per heavy atom. The minimum Gasteiger partial charge on any atom is -0.216 e. The highest BCUT2D eigenvalue weighted by Gasteiger charge is 2.39. The maximum Gasteiger partial charge on any atom is 0.312 e. The summed E-state index contributed by atoms with van der Waals surface area (Å²) in [5.41, 5.74) is 0. The third kappa shape index (κ3) is 7.60. The first kappa shape index (κ1) is 28.2. The molecule has 0 N–H and O–H groups in total. The molecule has 0 bridgehead atoms. The molecule has 0 heterocycles. The minimum atomic E-state index is -5.21. The molecule has 0 saturated heterocycles. The molecule has 0 atom stereocenters. The SMILES string of the molecule is CCCCCS(CCCCC)(CCCCC)OS(=O)(=O)c1c(F)c(F)c(F)c(F)c1F. The highest BCUT2D eigenvalue weighted by atomic mass is 32.3. The molecule has 0 spiro atoms. The van der Waals surface area contributed by atoms with Gasteiger partial charge in [0.05, 0.1) is 0 Å². The number of halogens is 5. The van der Waals surface area contributed by atoms with Crippen LogP contribution in [0, 0.1) is 29.1 Å². The van der Waals surface area contributed by atoms with E-state index in [2.05, 4.69) is 0 Å². The molecule has 0 fully saturated rings. The van der Waals surface area contributed by atoms with Crippen LogP contribution in [0.2, 0.25) is 0 Å². The third-order valence-corrected chi connectivity index (χ3v) is 10.8. The van der Waals surface area contributed by atoms with Gasteiger partial charge in [0.25, 0.3) is 0 Å². The van der Waals surface area contributed by atoms with E-state index in [0.29, 0.717) is 36.5 Å². The van der Waals surface area contributed by atoms with Crippen molar-refractivity contribution < 1.29 is 34.0 Å². The first-order chi connectivity index (χ1) is 14.6. The molecule has 182 valence electrons. The highest BCUT2D eigenvalue weighted by Crippen LogP contribution is 2.54. The lowest BCUT2D eigenvalue weighted by Gasteiger charge is -2.39. The van der Waals surface area contributed by atoms with Crippen LogP contribution in [0.3, 0.4) is 0 Å². The summed E-state index contributed by atoms with van der Waals surface area (Å²) in [5, 5.41) is 0. The van der Waals surface area contributed by atoms with E-state index in [9.17, 15) is 30.4 Å². The van der Waals surface area contributed by atoms with E-state index in [0.717, 1.165) is 38.5 Å². The molecular formula is C21H33F5O3S2. The molecule has 0 saturated carbocycles. The van der Waals surface area contributed by atoms with E-state index < -0.39 is 54.4 Å². The Bertz CT molecular complexity index is 760. The standard InChI is InChI=1S/C21H33F5O3S2/c1-4-7-10-13-30(14-11-8-5-2,15-12-9-6-3)29-31(27,28)21-19(25)17(23)16(22)18(24)20(21)26/h4-15H2,1-3H3. The second-order valence-corrected chi connectivity index (χ2v) is 12.6. The fourth-order valence-electron chi connectivity index (χ4n) is 3.28. The number of rotatable bonds is 15. The van der Waals surface area contributed by atoms with Gasteiger partial charge in [-0.15, -0.1) is 10.3 Å². The van der Waals surface area contributed by atoms with Gasteiger partial charge in [-0.05, 0) is 19.3 Å². The quantitative estimate of drug-likeness (QED) is 0.111. The number of unbranched alkanes of at least 4 members (excludes halogenated alkanes) is 6. The van der Waals surface area contributed by atoms with Gasteiger partial charge in [0.1, 0.15) is 0 Å². The highest BCUT2D eigenvalue weighted by molar-refractivity contribution is 8.33. The van der Waals surface area contributed by atoms with Gasteiger partial charge in [-0.25, -0.2) is 25.6 Å². The summed E-state index contributed by atoms with van der Waals surface area (Å²) in [6, 6.07) is 0. The van der Waals surface area contributed by atoms with Gasteiger partial charge in [0.2, 0.25) is 5.82 Å². The van der Waals surface area contributed by atoms with Crippen LogP contribution in [-0.4, -0.2) is 25.7 Å². The lowest BCUT2D eigenvalue weighted by Crippen LogP contribution is -2.23. The van der Waals surface area contributed by atoms with Crippen molar-refractivity contribution in [3.8, 4) is 0 Å². The predicted octanol–water partition coefficient (Wildman–Crippen LogP) is 7.38. The van der Waals surface area contributed by atoms with E-state index >= 15 is 0 Å². The van der Waals surface area contributed by atoms with E-state index in [-0.39, 0.29) is 0 Å². The van der Waals surface area contributed by atoms with E-state index in [1.54, 1.807) is 0 Å². The van der Waals surface area contributed by atoms with Crippen molar-refractivity contribution in [3.63, 3.8) is 0 Å². The molecule has 0 aromatic heterocycles. The topological polar surface area (TPSA) is 43.4 Å². The summed E-state index contributed by atoms with van der Waals surface area (Å²) in [4.78, 5) is -1.90. The molecule has 0 aliphatic carbocycles. The molecule has 0 aliphatic rings. The molecule has 0 unspecified atom stereocenters. The van der Waals surface area contributed by atoms with Gasteiger partial charge in [-0.1, -0.05) is 59.3 Å². The van der Waals surface area contributed by atoms with Gasteiger partial charge in [0, 0.05) is 17.3 Å². The average molecular weight is 493 g/mol. The van der Waals surface area contributed by atoms with Crippen LogP contribution in [0.15, 0.2) is 4.90 Å². The van der Waals surface area contributed by atoms with Crippen molar-refractivity contribution in [2.24, 2.45) is 0 Å². The maximum atomic E-state index is 14.2. The first-order valence-corrected chi connectivity index (χ1v) is 14.3. The smallest absolute Gasteiger partial charge is 0.216 e. The van der Waals surface area contributed by atoms with Crippen molar-refractivity contribution in [2.45, 2.75) is 83.5 Å². The Labute approximate surface area is 184 Å². The Morgan fingerprint density at radius 3 is 1.23 bits per heavy atom. The Morgan fingerprint density at radius 1 is 0.581 bits per heavy atom. The van der Waals surface area contributed by atoms with Crippen LogP contribution in [0.5, 0.6) is 0 Å². The lowest BCUT2D eigenvalue weighted by atomic mass is 10.3. The second-order valence-electron chi connectivity index (χ2n) is 7.62. The first-order valence-electron chi connectivity index (χ1n) is 10.8. The van der Waals surface area contributed by atoms with E-state index in [1.807, 2.05) is 20.8 Å².